The van der Waals surface area contributed by atoms with E-state index in [-0.39, 0.29) is 5.78 Å². The summed E-state index contributed by atoms with van der Waals surface area (Å²) in [6.07, 6.45) is 26.6. The lowest BCUT2D eigenvalue weighted by Crippen LogP contribution is -1.99. The molecule has 0 N–H and O–H groups in total. The number of allylic oxidation sites excluding steroid dienone is 1. The van der Waals surface area contributed by atoms with Crippen LogP contribution in [0, 0.1) is 0 Å². The maximum absolute atomic E-state index is 12.6. The number of benzene rings is 2. The van der Waals surface area contributed by atoms with Gasteiger partial charge in [-0.15, -0.1) is 11.8 Å². The fraction of sp³-hybridized carbons (Fsp3) is 0.583. The topological polar surface area (TPSA) is 26.3 Å². The van der Waals surface area contributed by atoms with Crippen LogP contribution < -0.4 is 4.74 Å². The fourth-order valence-corrected chi connectivity index (χ4v) is 5.55. The Morgan fingerprint density at radius 3 is 1.77 bits per heavy atom. The van der Waals surface area contributed by atoms with Crippen molar-refractivity contribution in [3.63, 3.8) is 0 Å². The number of rotatable bonds is 24. The highest BCUT2D eigenvalue weighted by atomic mass is 32.2. The summed E-state index contributed by atoms with van der Waals surface area (Å²) in [4.78, 5) is 13.9. The maximum atomic E-state index is 12.6. The van der Waals surface area contributed by atoms with Gasteiger partial charge in [0.1, 0.15) is 5.75 Å². The van der Waals surface area contributed by atoms with Crippen LogP contribution in [0.2, 0.25) is 0 Å². The molecule has 2 nitrogen and oxygen atoms in total. The van der Waals surface area contributed by atoms with E-state index >= 15 is 0 Å². The predicted octanol–water partition coefficient (Wildman–Crippen LogP) is 11.7. The summed E-state index contributed by atoms with van der Waals surface area (Å²) in [5.41, 5.74) is 1.68. The van der Waals surface area contributed by atoms with Gasteiger partial charge in [0.05, 0.1) is 6.61 Å². The lowest BCUT2D eigenvalue weighted by Gasteiger charge is -2.09. The first-order valence-electron chi connectivity index (χ1n) is 15.9. The second kappa shape index (κ2) is 22.8. The van der Waals surface area contributed by atoms with Crippen LogP contribution in [0.1, 0.15) is 139 Å². The molecule has 0 fully saturated rings. The molecule has 0 aliphatic rings. The molecule has 0 heterocycles. The van der Waals surface area contributed by atoms with Crippen LogP contribution in [0.5, 0.6) is 5.75 Å². The third-order valence-electron chi connectivity index (χ3n) is 7.20. The second-order valence-corrected chi connectivity index (χ2v) is 11.9. The van der Waals surface area contributed by atoms with E-state index in [1.165, 1.54) is 101 Å². The number of hydrogen-bond acceptors (Lipinski definition) is 3. The zero-order valence-corrected chi connectivity index (χ0v) is 25.7. The molecule has 0 aliphatic heterocycles. The largest absolute Gasteiger partial charge is 0.493 e. The Hall–Kier alpha value is -2.00. The van der Waals surface area contributed by atoms with Gasteiger partial charge >= 0.3 is 0 Å². The quantitative estimate of drug-likeness (QED) is 0.0562. The van der Waals surface area contributed by atoms with Crippen molar-refractivity contribution >= 4 is 23.6 Å². The Morgan fingerprint density at radius 1 is 0.667 bits per heavy atom. The molecule has 0 unspecified atom stereocenters. The van der Waals surface area contributed by atoms with Gasteiger partial charge in [-0.1, -0.05) is 128 Å². The highest BCUT2D eigenvalue weighted by Crippen LogP contribution is 2.22. The van der Waals surface area contributed by atoms with E-state index < -0.39 is 0 Å². The molecule has 39 heavy (non-hydrogen) atoms. The van der Waals surface area contributed by atoms with Gasteiger partial charge in [-0.3, -0.25) is 4.79 Å². The van der Waals surface area contributed by atoms with E-state index in [0.29, 0.717) is 0 Å². The first kappa shape index (κ1) is 33.2. The Bertz CT molecular complexity index is 903. The minimum Gasteiger partial charge on any atom is -0.493 e. The lowest BCUT2D eigenvalue weighted by atomic mass is 10.0. The van der Waals surface area contributed by atoms with Crippen LogP contribution >= 0.6 is 11.8 Å². The molecule has 0 atom stereocenters. The minimum atomic E-state index is 0.0228. The summed E-state index contributed by atoms with van der Waals surface area (Å²) in [7, 11) is 0. The van der Waals surface area contributed by atoms with E-state index in [4.69, 9.17) is 4.74 Å². The van der Waals surface area contributed by atoms with Crippen molar-refractivity contribution in [2.75, 3.05) is 12.4 Å². The molecule has 0 spiro atoms. The van der Waals surface area contributed by atoms with Crippen LogP contribution in [-0.4, -0.2) is 18.1 Å². The molecule has 0 saturated carbocycles. The minimum absolute atomic E-state index is 0.0228. The van der Waals surface area contributed by atoms with Gasteiger partial charge in [-0.25, -0.2) is 0 Å². The van der Waals surface area contributed by atoms with Gasteiger partial charge in [-0.2, -0.15) is 0 Å². The Kier molecular flexibility index (Phi) is 19.4. The third-order valence-corrected chi connectivity index (χ3v) is 8.42. The molecule has 0 saturated heterocycles. The summed E-state index contributed by atoms with van der Waals surface area (Å²) in [5.74, 6) is 1.98. The van der Waals surface area contributed by atoms with Crippen molar-refractivity contribution in [2.24, 2.45) is 0 Å². The van der Waals surface area contributed by atoms with Gasteiger partial charge in [0, 0.05) is 16.0 Å². The molecule has 2 aromatic carbocycles. The molecule has 0 aliphatic carbocycles. The number of ether oxygens (including phenoxy) is 1. The monoisotopic (exact) mass is 550 g/mol. The molecule has 2 rings (SSSR count). The van der Waals surface area contributed by atoms with Crippen LogP contribution in [-0.2, 0) is 0 Å². The first-order chi connectivity index (χ1) is 19.2. The zero-order chi connectivity index (χ0) is 27.8. The van der Waals surface area contributed by atoms with Crippen molar-refractivity contribution in [1.82, 2.24) is 0 Å². The Balaban J connectivity index is 1.53. The van der Waals surface area contributed by atoms with E-state index in [2.05, 4.69) is 13.8 Å². The lowest BCUT2D eigenvalue weighted by molar-refractivity contribution is 0.104. The number of ketones is 1. The smallest absolute Gasteiger partial charge is 0.185 e. The van der Waals surface area contributed by atoms with Gasteiger partial charge in [-0.05, 0) is 61.1 Å². The number of unbranched alkanes of at least 4 members (excludes halogenated alkanes) is 15. The number of hydrogen-bond donors (Lipinski definition) is 0. The maximum Gasteiger partial charge on any atom is 0.185 e. The van der Waals surface area contributed by atoms with Gasteiger partial charge < -0.3 is 4.74 Å². The van der Waals surface area contributed by atoms with Gasteiger partial charge in [0.25, 0.3) is 0 Å². The summed E-state index contributed by atoms with van der Waals surface area (Å²) in [6, 6.07) is 15.9. The Morgan fingerprint density at radius 2 is 1.21 bits per heavy atom. The summed E-state index contributed by atoms with van der Waals surface area (Å²) in [6.45, 7) is 5.20. The molecule has 0 amide bonds. The van der Waals surface area contributed by atoms with E-state index in [0.717, 1.165) is 42.1 Å². The molecule has 0 aromatic heterocycles. The molecule has 0 bridgehead atoms. The van der Waals surface area contributed by atoms with Crippen molar-refractivity contribution in [3.8, 4) is 5.75 Å². The fourth-order valence-electron chi connectivity index (χ4n) is 4.78. The summed E-state index contributed by atoms with van der Waals surface area (Å²) >= 11 is 1.83. The van der Waals surface area contributed by atoms with E-state index in [1.807, 2.05) is 66.4 Å². The molecule has 216 valence electrons. The Labute approximate surface area is 244 Å². The predicted molar refractivity (Wildman–Crippen MR) is 172 cm³/mol. The van der Waals surface area contributed by atoms with Crippen molar-refractivity contribution in [1.29, 1.82) is 0 Å². The van der Waals surface area contributed by atoms with Gasteiger partial charge in [0.2, 0.25) is 0 Å². The van der Waals surface area contributed by atoms with E-state index in [9.17, 15) is 4.79 Å². The van der Waals surface area contributed by atoms with E-state index in [1.54, 1.807) is 6.08 Å². The van der Waals surface area contributed by atoms with Crippen LogP contribution in [0.25, 0.3) is 6.08 Å². The summed E-state index contributed by atoms with van der Waals surface area (Å²) in [5, 5.41) is 0. The van der Waals surface area contributed by atoms with Crippen molar-refractivity contribution < 1.29 is 9.53 Å². The zero-order valence-electron chi connectivity index (χ0n) is 24.9. The molecule has 2 aromatic rings. The third kappa shape index (κ3) is 16.0. The molecular weight excluding hydrogens is 496 g/mol. The first-order valence-corrected chi connectivity index (χ1v) is 16.9. The standard InChI is InChI=1S/C36H54O2S/c1-3-5-6-7-8-9-10-11-12-13-14-15-16-17-18-21-30-38-36-23-20-19-22-33(36)26-29-35(37)32-24-27-34(28-25-32)39-31-4-2/h19-20,22-29H,3-18,21,30-31H2,1-2H3. The summed E-state index contributed by atoms with van der Waals surface area (Å²) < 4.78 is 6.08. The number of thioether (sulfide) groups is 1. The van der Waals surface area contributed by atoms with Crippen molar-refractivity contribution in [3.05, 3.63) is 65.7 Å². The average molecular weight is 551 g/mol. The van der Waals surface area contributed by atoms with Crippen molar-refractivity contribution in [2.45, 2.75) is 128 Å². The second-order valence-electron chi connectivity index (χ2n) is 10.8. The number of para-hydroxylation sites is 1. The number of carbonyl (C=O) groups is 1. The molecular formula is C36H54O2S. The molecule has 0 radical (unpaired) electrons. The highest BCUT2D eigenvalue weighted by Gasteiger charge is 2.05. The van der Waals surface area contributed by atoms with Crippen LogP contribution in [0.3, 0.4) is 0 Å². The van der Waals surface area contributed by atoms with Crippen LogP contribution in [0.4, 0.5) is 0 Å². The highest BCUT2D eigenvalue weighted by molar-refractivity contribution is 7.99. The average Bonchev–Trinajstić information content (AvgIpc) is 2.97. The SMILES string of the molecule is CCCCCCCCCCCCCCCCCCOc1ccccc1C=CC(=O)c1ccc(SCCC)cc1. The number of carbonyl (C=O) groups excluding carboxylic acids is 1. The molecule has 3 heteroatoms. The van der Waals surface area contributed by atoms with Crippen LogP contribution in [0.15, 0.2) is 59.5 Å². The normalized spacial score (nSPS) is 11.3. The van der Waals surface area contributed by atoms with Gasteiger partial charge in [0.15, 0.2) is 5.78 Å².